The minimum atomic E-state index is -0.708. The summed E-state index contributed by atoms with van der Waals surface area (Å²) in [7, 11) is 0. The highest BCUT2D eigenvalue weighted by atomic mass is 16.5. The van der Waals surface area contributed by atoms with E-state index in [1.165, 1.54) is 0 Å². The van der Waals surface area contributed by atoms with Gasteiger partial charge in [-0.15, -0.1) is 0 Å². The predicted molar refractivity (Wildman–Crippen MR) is 107 cm³/mol. The number of aromatic hydroxyl groups is 2. The number of hydrogen-bond acceptors (Lipinski definition) is 7. The molecule has 2 aliphatic heterocycles. The molecule has 7 heteroatoms. The Kier molecular flexibility index (Phi) is 5.80. The van der Waals surface area contributed by atoms with Gasteiger partial charge in [-0.2, -0.15) is 0 Å². The molecule has 5 N–H and O–H groups in total. The SMILES string of the molecule is Oc1ccc2c(c1)CCC(C(O)CNCC(O)C1CCc3cc(O)ccc3O1)O2. The molecule has 0 aromatic heterocycles. The van der Waals surface area contributed by atoms with E-state index in [0.717, 1.165) is 24.0 Å². The van der Waals surface area contributed by atoms with Crippen molar-refractivity contribution >= 4 is 0 Å². The third-order valence-electron chi connectivity index (χ3n) is 5.61. The topological polar surface area (TPSA) is 111 Å². The lowest BCUT2D eigenvalue weighted by atomic mass is 9.98. The van der Waals surface area contributed by atoms with Crippen LogP contribution in [0.25, 0.3) is 0 Å². The minimum absolute atomic E-state index is 0.214. The number of fused-ring (bicyclic) bond motifs is 2. The molecular weight excluding hydrogens is 374 g/mol. The zero-order valence-electron chi connectivity index (χ0n) is 16.1. The van der Waals surface area contributed by atoms with Gasteiger partial charge in [-0.25, -0.2) is 0 Å². The number of rotatable bonds is 6. The molecule has 0 spiro atoms. The third-order valence-corrected chi connectivity index (χ3v) is 5.61. The number of ether oxygens (including phenoxy) is 2. The van der Waals surface area contributed by atoms with Gasteiger partial charge >= 0.3 is 0 Å². The van der Waals surface area contributed by atoms with Crippen molar-refractivity contribution in [1.82, 2.24) is 5.32 Å². The molecule has 2 heterocycles. The maximum atomic E-state index is 10.5. The average molecular weight is 401 g/mol. The van der Waals surface area contributed by atoms with Crippen molar-refractivity contribution in [3.05, 3.63) is 47.5 Å². The summed E-state index contributed by atoms with van der Waals surface area (Å²) >= 11 is 0. The molecule has 4 unspecified atom stereocenters. The summed E-state index contributed by atoms with van der Waals surface area (Å²) < 4.78 is 11.7. The van der Waals surface area contributed by atoms with E-state index in [1.807, 2.05) is 0 Å². The normalized spacial score (nSPS) is 22.6. The Labute approximate surface area is 169 Å². The van der Waals surface area contributed by atoms with Crippen LogP contribution in [0.5, 0.6) is 23.0 Å². The fraction of sp³-hybridized carbons (Fsp3) is 0.455. The van der Waals surface area contributed by atoms with E-state index < -0.39 is 12.2 Å². The van der Waals surface area contributed by atoms with Crippen molar-refractivity contribution < 1.29 is 29.9 Å². The number of hydrogen-bond donors (Lipinski definition) is 5. The molecule has 29 heavy (non-hydrogen) atoms. The Morgan fingerprint density at radius 1 is 0.793 bits per heavy atom. The van der Waals surface area contributed by atoms with E-state index in [-0.39, 0.29) is 23.7 Å². The van der Waals surface area contributed by atoms with Gasteiger partial charge in [0.05, 0.1) is 0 Å². The number of aliphatic hydroxyl groups excluding tert-OH is 2. The molecule has 4 atom stereocenters. The Balaban J connectivity index is 1.24. The molecule has 0 amide bonds. The van der Waals surface area contributed by atoms with Crippen LogP contribution in [0, 0.1) is 0 Å². The zero-order chi connectivity index (χ0) is 20.4. The van der Waals surface area contributed by atoms with Gasteiger partial charge in [0.2, 0.25) is 0 Å². The minimum Gasteiger partial charge on any atom is -0.508 e. The van der Waals surface area contributed by atoms with Crippen molar-refractivity contribution in [2.75, 3.05) is 13.1 Å². The monoisotopic (exact) mass is 401 g/mol. The fourth-order valence-electron chi connectivity index (χ4n) is 3.98. The van der Waals surface area contributed by atoms with Gasteiger partial charge in [0, 0.05) is 13.1 Å². The standard InChI is InChI=1S/C22H27NO6/c24-15-3-7-19-13(9-15)1-5-21(28-19)17(26)11-23-12-18(27)22-6-2-14-10-16(25)4-8-20(14)29-22/h3-4,7-10,17-18,21-27H,1-2,5-6,11-12H2. The summed E-state index contributed by atoms with van der Waals surface area (Å²) in [5.74, 6) is 1.81. The number of nitrogens with one attached hydrogen (secondary N) is 1. The zero-order valence-corrected chi connectivity index (χ0v) is 16.1. The van der Waals surface area contributed by atoms with E-state index in [4.69, 9.17) is 9.47 Å². The van der Waals surface area contributed by atoms with Crippen LogP contribution >= 0.6 is 0 Å². The van der Waals surface area contributed by atoms with Gasteiger partial charge < -0.3 is 35.2 Å². The highest BCUT2D eigenvalue weighted by molar-refractivity contribution is 5.42. The van der Waals surface area contributed by atoms with Crippen LogP contribution in [0.2, 0.25) is 0 Å². The first-order valence-corrected chi connectivity index (χ1v) is 10.0. The highest BCUT2D eigenvalue weighted by Crippen LogP contribution is 2.32. The van der Waals surface area contributed by atoms with Gasteiger partial charge in [0.15, 0.2) is 0 Å². The molecule has 2 aliphatic rings. The number of phenols is 2. The van der Waals surface area contributed by atoms with E-state index in [9.17, 15) is 20.4 Å². The Morgan fingerprint density at radius 2 is 1.24 bits per heavy atom. The lowest BCUT2D eigenvalue weighted by Crippen LogP contribution is -2.46. The van der Waals surface area contributed by atoms with Gasteiger partial charge in [-0.3, -0.25) is 0 Å². The molecule has 0 aliphatic carbocycles. The second-order valence-electron chi connectivity index (χ2n) is 7.77. The predicted octanol–water partition coefficient (Wildman–Crippen LogP) is 1.50. The fourth-order valence-corrected chi connectivity index (χ4v) is 3.98. The van der Waals surface area contributed by atoms with Crippen LogP contribution in [0.3, 0.4) is 0 Å². The molecular formula is C22H27NO6. The van der Waals surface area contributed by atoms with Crippen molar-refractivity contribution in [2.45, 2.75) is 50.1 Å². The number of benzene rings is 2. The average Bonchev–Trinajstić information content (AvgIpc) is 2.72. The van der Waals surface area contributed by atoms with Crippen LogP contribution in [0.15, 0.2) is 36.4 Å². The summed E-state index contributed by atoms with van der Waals surface area (Å²) in [5, 5.41) is 43.1. The molecule has 7 nitrogen and oxygen atoms in total. The summed E-state index contributed by atoms with van der Waals surface area (Å²) in [6.07, 6.45) is 0.719. The number of phenolic OH excluding ortho intramolecular Hbond substituents is 2. The van der Waals surface area contributed by atoms with Crippen LogP contribution in [0.1, 0.15) is 24.0 Å². The lowest BCUT2D eigenvalue weighted by Gasteiger charge is -2.31. The maximum Gasteiger partial charge on any atom is 0.126 e. The quantitative estimate of drug-likeness (QED) is 0.499. The Hall–Kier alpha value is -2.48. The van der Waals surface area contributed by atoms with Crippen molar-refractivity contribution in [2.24, 2.45) is 0 Å². The van der Waals surface area contributed by atoms with E-state index in [1.54, 1.807) is 36.4 Å². The van der Waals surface area contributed by atoms with Gasteiger partial charge in [-0.05, 0) is 73.2 Å². The molecule has 156 valence electrons. The summed E-state index contributed by atoms with van der Waals surface area (Å²) in [6, 6.07) is 9.97. The van der Waals surface area contributed by atoms with E-state index in [0.29, 0.717) is 37.4 Å². The first-order valence-electron chi connectivity index (χ1n) is 10.0. The van der Waals surface area contributed by atoms with E-state index >= 15 is 0 Å². The highest BCUT2D eigenvalue weighted by Gasteiger charge is 2.29. The molecule has 0 bridgehead atoms. The van der Waals surface area contributed by atoms with Gasteiger partial charge in [0.1, 0.15) is 47.4 Å². The molecule has 0 fully saturated rings. The van der Waals surface area contributed by atoms with Crippen LogP contribution in [-0.2, 0) is 12.8 Å². The molecule has 0 saturated carbocycles. The van der Waals surface area contributed by atoms with Crippen molar-refractivity contribution in [1.29, 1.82) is 0 Å². The molecule has 0 radical (unpaired) electrons. The second-order valence-corrected chi connectivity index (χ2v) is 7.77. The summed E-state index contributed by atoms with van der Waals surface area (Å²) in [4.78, 5) is 0. The van der Waals surface area contributed by atoms with Gasteiger partial charge in [-0.1, -0.05) is 0 Å². The molecule has 2 aromatic rings. The van der Waals surface area contributed by atoms with Crippen molar-refractivity contribution in [3.63, 3.8) is 0 Å². The number of aliphatic hydroxyl groups is 2. The third kappa shape index (κ3) is 4.58. The van der Waals surface area contributed by atoms with Crippen LogP contribution in [-0.4, -0.2) is 57.9 Å². The van der Waals surface area contributed by atoms with E-state index in [2.05, 4.69) is 5.32 Å². The van der Waals surface area contributed by atoms with Crippen molar-refractivity contribution in [3.8, 4) is 23.0 Å². The van der Waals surface area contributed by atoms with Crippen LogP contribution in [0.4, 0.5) is 0 Å². The molecule has 2 aromatic carbocycles. The second kappa shape index (κ2) is 8.49. The number of aryl methyl sites for hydroxylation is 2. The lowest BCUT2D eigenvalue weighted by molar-refractivity contribution is 0.00895. The van der Waals surface area contributed by atoms with Crippen LogP contribution < -0.4 is 14.8 Å². The smallest absolute Gasteiger partial charge is 0.126 e. The molecule has 0 saturated heterocycles. The first kappa shape index (κ1) is 19.8. The molecule has 4 rings (SSSR count). The Morgan fingerprint density at radius 3 is 1.69 bits per heavy atom. The van der Waals surface area contributed by atoms with Gasteiger partial charge in [0.25, 0.3) is 0 Å². The summed E-state index contributed by atoms with van der Waals surface area (Å²) in [5.41, 5.74) is 1.89. The largest absolute Gasteiger partial charge is 0.508 e. The maximum absolute atomic E-state index is 10.5. The Bertz CT molecular complexity index is 788. The summed E-state index contributed by atoms with van der Waals surface area (Å²) in [6.45, 7) is 0.596. The first-order chi connectivity index (χ1) is 14.0.